The van der Waals surface area contributed by atoms with Gasteiger partial charge in [-0.1, -0.05) is 12.1 Å². The van der Waals surface area contributed by atoms with Crippen molar-refractivity contribution in [1.29, 1.82) is 0 Å². The van der Waals surface area contributed by atoms with Crippen molar-refractivity contribution in [2.45, 2.75) is 29.9 Å². The van der Waals surface area contributed by atoms with Crippen molar-refractivity contribution in [2.75, 3.05) is 19.6 Å². The van der Waals surface area contributed by atoms with Gasteiger partial charge in [0, 0.05) is 19.6 Å². The van der Waals surface area contributed by atoms with Crippen LogP contribution in [0.25, 0.3) is 0 Å². The van der Waals surface area contributed by atoms with Crippen molar-refractivity contribution in [2.24, 2.45) is 5.92 Å². The van der Waals surface area contributed by atoms with Crippen LogP contribution in [0.5, 0.6) is 5.75 Å². The van der Waals surface area contributed by atoms with Crippen molar-refractivity contribution in [3.63, 3.8) is 0 Å². The summed E-state index contributed by atoms with van der Waals surface area (Å²) < 4.78 is 33.5. The first-order chi connectivity index (χ1) is 9.62. The second-order valence-electron chi connectivity index (χ2n) is 5.99. The Morgan fingerprint density at radius 3 is 2.85 bits per heavy atom. The molecule has 0 aromatic heterocycles. The molecule has 2 aliphatic heterocycles. The largest absolute Gasteiger partial charge is 0.486 e. The van der Waals surface area contributed by atoms with Crippen LogP contribution in [-0.4, -0.2) is 45.1 Å². The van der Waals surface area contributed by atoms with Gasteiger partial charge in [-0.05, 0) is 30.9 Å². The fourth-order valence-electron chi connectivity index (χ4n) is 3.09. The third kappa shape index (κ3) is 2.21. The molecule has 0 radical (unpaired) electrons. The number of nitrogens with one attached hydrogen (secondary N) is 1. The van der Waals surface area contributed by atoms with Crippen molar-refractivity contribution >= 4 is 10.0 Å². The maximum absolute atomic E-state index is 12.4. The number of sulfonamides is 1. The molecule has 108 valence electrons. The number of benzene rings is 1. The van der Waals surface area contributed by atoms with Gasteiger partial charge in [0.05, 0.1) is 6.04 Å². The van der Waals surface area contributed by atoms with E-state index in [9.17, 15) is 8.42 Å². The van der Waals surface area contributed by atoms with Gasteiger partial charge in [-0.3, -0.25) is 4.90 Å². The first-order valence-corrected chi connectivity index (χ1v) is 8.60. The lowest BCUT2D eigenvalue weighted by Crippen LogP contribution is -2.42. The average molecular weight is 294 g/mol. The summed E-state index contributed by atoms with van der Waals surface area (Å²) in [5.74, 6) is 1.28. The summed E-state index contributed by atoms with van der Waals surface area (Å²) >= 11 is 0. The fourth-order valence-corrected chi connectivity index (χ4v) is 4.49. The number of ether oxygens (including phenoxy) is 1. The van der Waals surface area contributed by atoms with Gasteiger partial charge in [-0.2, -0.15) is 0 Å². The van der Waals surface area contributed by atoms with E-state index < -0.39 is 10.0 Å². The van der Waals surface area contributed by atoms with E-state index >= 15 is 0 Å². The maximum Gasteiger partial charge on any atom is 0.244 e. The lowest BCUT2D eigenvalue weighted by molar-refractivity contribution is 0.184. The van der Waals surface area contributed by atoms with Crippen LogP contribution in [0.1, 0.15) is 12.8 Å². The van der Waals surface area contributed by atoms with Gasteiger partial charge in [0.2, 0.25) is 10.0 Å². The molecule has 1 aliphatic carbocycles. The predicted molar refractivity (Wildman–Crippen MR) is 74.1 cm³/mol. The minimum Gasteiger partial charge on any atom is -0.486 e. The second-order valence-corrected chi connectivity index (χ2v) is 7.68. The van der Waals surface area contributed by atoms with Crippen LogP contribution in [0.2, 0.25) is 0 Å². The summed E-state index contributed by atoms with van der Waals surface area (Å²) in [5, 5.41) is 0. The number of rotatable bonds is 2. The molecule has 1 N–H and O–H groups in total. The number of hydrogen-bond acceptors (Lipinski definition) is 4. The minimum atomic E-state index is -3.47. The van der Waals surface area contributed by atoms with Gasteiger partial charge in [-0.25, -0.2) is 13.1 Å². The first-order valence-electron chi connectivity index (χ1n) is 7.12. The molecule has 5 nitrogen and oxygen atoms in total. The zero-order valence-electron chi connectivity index (χ0n) is 11.2. The highest BCUT2D eigenvalue weighted by Crippen LogP contribution is 2.33. The molecule has 1 saturated carbocycles. The molecule has 2 atom stereocenters. The van der Waals surface area contributed by atoms with E-state index in [2.05, 4.69) is 9.62 Å². The molecule has 2 unspecified atom stereocenters. The number of nitrogens with zero attached hydrogens (tertiary/aromatic N) is 1. The third-order valence-corrected chi connectivity index (χ3v) is 5.81. The smallest absolute Gasteiger partial charge is 0.244 e. The third-order valence-electron chi connectivity index (χ3n) is 4.28. The standard InChI is InChI=1S/C14H18N2O3S/c17-20(18)14-4-2-1-3-12(14)19-13-9-16(7-10-5-6-10)8-11(13)15-20/h1-4,10-11,13,15H,5-9H2. The fraction of sp³-hybridized carbons (Fsp3) is 0.571. The van der Waals surface area contributed by atoms with E-state index in [1.165, 1.54) is 12.8 Å². The molecule has 1 aromatic rings. The van der Waals surface area contributed by atoms with Crippen molar-refractivity contribution in [1.82, 2.24) is 9.62 Å². The maximum atomic E-state index is 12.4. The molecule has 2 heterocycles. The number of likely N-dealkylation sites (tertiary alicyclic amines) is 1. The summed E-state index contributed by atoms with van der Waals surface area (Å²) in [6, 6.07) is 6.72. The molecule has 6 heteroatoms. The molecule has 4 rings (SSSR count). The highest BCUT2D eigenvalue weighted by molar-refractivity contribution is 7.89. The Kier molecular flexibility index (Phi) is 2.80. The van der Waals surface area contributed by atoms with E-state index in [0.717, 1.165) is 25.6 Å². The van der Waals surface area contributed by atoms with Crippen molar-refractivity contribution < 1.29 is 13.2 Å². The van der Waals surface area contributed by atoms with Crippen LogP contribution in [0.4, 0.5) is 0 Å². The molecule has 20 heavy (non-hydrogen) atoms. The van der Waals surface area contributed by atoms with Gasteiger partial charge >= 0.3 is 0 Å². The first kappa shape index (κ1) is 12.6. The lowest BCUT2D eigenvalue weighted by Gasteiger charge is -2.16. The Balaban J connectivity index is 1.62. The molecule has 0 amide bonds. The molecule has 0 spiro atoms. The average Bonchev–Trinajstić information content (AvgIpc) is 3.15. The van der Waals surface area contributed by atoms with Crippen LogP contribution in [-0.2, 0) is 10.0 Å². The quantitative estimate of drug-likeness (QED) is 0.877. The van der Waals surface area contributed by atoms with Crippen molar-refractivity contribution in [3.8, 4) is 5.75 Å². The number of para-hydroxylation sites is 1. The summed E-state index contributed by atoms with van der Waals surface area (Å²) in [6.07, 6.45) is 2.52. The van der Waals surface area contributed by atoms with Gasteiger partial charge in [0.1, 0.15) is 16.7 Å². The van der Waals surface area contributed by atoms with Crippen LogP contribution >= 0.6 is 0 Å². The Morgan fingerprint density at radius 1 is 1.25 bits per heavy atom. The number of hydrogen-bond donors (Lipinski definition) is 1. The monoisotopic (exact) mass is 294 g/mol. The molecule has 1 aromatic carbocycles. The van der Waals surface area contributed by atoms with E-state index in [-0.39, 0.29) is 17.0 Å². The summed E-state index contributed by atoms with van der Waals surface area (Å²) in [5.41, 5.74) is 0. The minimum absolute atomic E-state index is 0.0906. The van der Waals surface area contributed by atoms with E-state index in [1.807, 2.05) is 6.07 Å². The normalized spacial score (nSPS) is 32.0. The van der Waals surface area contributed by atoms with Gasteiger partial charge < -0.3 is 4.74 Å². The Morgan fingerprint density at radius 2 is 2.05 bits per heavy atom. The molecular formula is C14H18N2O3S. The number of fused-ring (bicyclic) bond motifs is 2. The van der Waals surface area contributed by atoms with Gasteiger partial charge in [0.15, 0.2) is 0 Å². The zero-order valence-corrected chi connectivity index (χ0v) is 12.0. The summed E-state index contributed by atoms with van der Waals surface area (Å²) in [7, 11) is -3.47. The highest BCUT2D eigenvalue weighted by atomic mass is 32.2. The zero-order chi connectivity index (χ0) is 13.7. The Hall–Kier alpha value is -1.11. The Bertz CT molecular complexity index is 627. The second kappa shape index (κ2) is 4.44. The molecule has 3 aliphatic rings. The van der Waals surface area contributed by atoms with E-state index in [0.29, 0.717) is 5.75 Å². The lowest BCUT2D eigenvalue weighted by atomic mass is 10.2. The summed E-state index contributed by atoms with van der Waals surface area (Å²) in [4.78, 5) is 2.58. The predicted octanol–water partition coefficient (Wildman–Crippen LogP) is 0.820. The van der Waals surface area contributed by atoms with Crippen molar-refractivity contribution in [3.05, 3.63) is 24.3 Å². The Labute approximate surface area is 119 Å². The van der Waals surface area contributed by atoms with Crippen LogP contribution in [0.15, 0.2) is 29.2 Å². The van der Waals surface area contributed by atoms with Crippen LogP contribution in [0.3, 0.4) is 0 Å². The molecule has 0 bridgehead atoms. The van der Waals surface area contributed by atoms with Crippen LogP contribution in [0, 0.1) is 5.92 Å². The molecule has 1 saturated heterocycles. The summed E-state index contributed by atoms with van der Waals surface area (Å²) in [6.45, 7) is 2.62. The molecular weight excluding hydrogens is 276 g/mol. The van der Waals surface area contributed by atoms with E-state index in [1.54, 1.807) is 18.2 Å². The van der Waals surface area contributed by atoms with Crippen LogP contribution < -0.4 is 9.46 Å². The topological polar surface area (TPSA) is 58.6 Å². The van der Waals surface area contributed by atoms with Gasteiger partial charge in [0.25, 0.3) is 0 Å². The molecule has 2 fully saturated rings. The SMILES string of the molecule is O=S1(=O)NC2CN(CC3CC3)CC2Oc2ccccc21. The van der Waals surface area contributed by atoms with Gasteiger partial charge in [-0.15, -0.1) is 0 Å². The van der Waals surface area contributed by atoms with E-state index in [4.69, 9.17) is 4.74 Å². The highest BCUT2D eigenvalue weighted by Gasteiger charge is 2.42.